The number of hydrogen-bond donors (Lipinski definition) is 1. The zero-order valence-corrected chi connectivity index (χ0v) is 17.2. The lowest BCUT2D eigenvalue weighted by atomic mass is 9.86. The SMILES string of the molecule is CCN(CC)S(=O)(=O)c1ccc(OC)c(NC(=O)C[C@H]2C[C@@H]3CC[C@@H]2C3)c1. The predicted molar refractivity (Wildman–Crippen MR) is 105 cm³/mol. The Hall–Kier alpha value is -1.60. The fourth-order valence-electron chi connectivity index (χ4n) is 4.72. The number of anilines is 1. The zero-order chi connectivity index (χ0) is 19.6. The summed E-state index contributed by atoms with van der Waals surface area (Å²) in [6.45, 7) is 4.42. The Morgan fingerprint density at radius 2 is 1.96 bits per heavy atom. The molecule has 1 aromatic rings. The molecule has 1 N–H and O–H groups in total. The van der Waals surface area contributed by atoms with Crippen molar-refractivity contribution in [1.29, 1.82) is 0 Å². The Morgan fingerprint density at radius 3 is 2.52 bits per heavy atom. The van der Waals surface area contributed by atoms with E-state index >= 15 is 0 Å². The third-order valence-corrected chi connectivity index (χ3v) is 8.17. The van der Waals surface area contributed by atoms with E-state index in [2.05, 4.69) is 5.32 Å². The maximum absolute atomic E-state index is 12.8. The van der Waals surface area contributed by atoms with Crippen molar-refractivity contribution in [3.63, 3.8) is 0 Å². The van der Waals surface area contributed by atoms with Crippen LogP contribution in [0.15, 0.2) is 23.1 Å². The quantitative estimate of drug-likeness (QED) is 0.732. The number of benzene rings is 1. The third-order valence-electron chi connectivity index (χ3n) is 6.12. The van der Waals surface area contributed by atoms with Gasteiger partial charge in [-0.15, -0.1) is 0 Å². The number of fused-ring (bicyclic) bond motifs is 2. The van der Waals surface area contributed by atoms with Gasteiger partial charge in [-0.1, -0.05) is 20.3 Å². The van der Waals surface area contributed by atoms with Crippen molar-refractivity contribution >= 4 is 21.6 Å². The van der Waals surface area contributed by atoms with E-state index in [9.17, 15) is 13.2 Å². The van der Waals surface area contributed by atoms with Gasteiger partial charge in [0, 0.05) is 19.5 Å². The van der Waals surface area contributed by atoms with Gasteiger partial charge in [0.1, 0.15) is 5.75 Å². The first-order valence-electron chi connectivity index (χ1n) is 9.87. The standard InChI is InChI=1S/C20H30N2O4S/c1-4-22(5-2)27(24,25)17-8-9-19(26-3)18(13-17)21-20(23)12-16-11-14-6-7-15(16)10-14/h8-9,13-16H,4-7,10-12H2,1-3H3,(H,21,23)/t14-,15-,16-/m1/s1. The summed E-state index contributed by atoms with van der Waals surface area (Å²) in [4.78, 5) is 12.8. The second kappa shape index (κ2) is 8.19. The number of hydrogen-bond acceptors (Lipinski definition) is 4. The average molecular weight is 395 g/mol. The molecule has 1 aromatic carbocycles. The summed E-state index contributed by atoms with van der Waals surface area (Å²) in [5.41, 5.74) is 0.416. The Labute approximate surface area is 162 Å². The van der Waals surface area contributed by atoms with Gasteiger partial charge in [-0.3, -0.25) is 4.79 Å². The molecule has 7 heteroatoms. The highest BCUT2D eigenvalue weighted by atomic mass is 32.2. The first kappa shape index (κ1) is 20.1. The van der Waals surface area contributed by atoms with E-state index in [-0.39, 0.29) is 10.8 Å². The van der Waals surface area contributed by atoms with Crippen molar-refractivity contribution in [3.8, 4) is 5.75 Å². The van der Waals surface area contributed by atoms with Crippen molar-refractivity contribution in [3.05, 3.63) is 18.2 Å². The van der Waals surface area contributed by atoms with E-state index in [0.717, 1.165) is 12.3 Å². The molecule has 150 valence electrons. The van der Waals surface area contributed by atoms with E-state index in [1.165, 1.54) is 42.8 Å². The number of carbonyl (C=O) groups excluding carboxylic acids is 1. The Kier molecular flexibility index (Phi) is 6.11. The van der Waals surface area contributed by atoms with Gasteiger partial charge in [-0.25, -0.2) is 8.42 Å². The molecule has 2 fully saturated rings. The number of sulfonamides is 1. The Balaban J connectivity index is 1.76. The highest BCUT2D eigenvalue weighted by Gasteiger charge is 2.40. The Morgan fingerprint density at radius 1 is 1.22 bits per heavy atom. The summed E-state index contributed by atoms with van der Waals surface area (Å²) in [6.07, 6.45) is 5.45. The molecule has 2 aliphatic rings. The van der Waals surface area contributed by atoms with Crippen molar-refractivity contribution in [1.82, 2.24) is 4.31 Å². The number of methoxy groups -OCH3 is 1. The first-order chi connectivity index (χ1) is 12.9. The van der Waals surface area contributed by atoms with Crippen molar-refractivity contribution in [2.45, 2.75) is 50.8 Å². The molecule has 6 nitrogen and oxygen atoms in total. The minimum atomic E-state index is -3.59. The van der Waals surface area contributed by atoms with Crippen molar-refractivity contribution in [2.75, 3.05) is 25.5 Å². The number of nitrogens with zero attached hydrogens (tertiary/aromatic N) is 1. The maximum atomic E-state index is 12.8. The summed E-state index contributed by atoms with van der Waals surface area (Å²) in [5.74, 6) is 2.33. The molecule has 0 heterocycles. The topological polar surface area (TPSA) is 75.7 Å². The van der Waals surface area contributed by atoms with E-state index in [4.69, 9.17) is 4.74 Å². The van der Waals surface area contributed by atoms with Gasteiger partial charge in [0.2, 0.25) is 15.9 Å². The second-order valence-electron chi connectivity index (χ2n) is 7.64. The lowest BCUT2D eigenvalue weighted by molar-refractivity contribution is -0.117. The van der Waals surface area contributed by atoms with Crippen LogP contribution in [-0.2, 0) is 14.8 Å². The van der Waals surface area contributed by atoms with Crippen molar-refractivity contribution in [2.24, 2.45) is 17.8 Å². The molecular formula is C20H30N2O4S. The molecule has 0 unspecified atom stereocenters. The second-order valence-corrected chi connectivity index (χ2v) is 9.58. The van der Waals surface area contributed by atoms with Crippen LogP contribution in [-0.4, -0.2) is 38.8 Å². The normalized spacial score (nSPS) is 24.4. The summed E-state index contributed by atoms with van der Waals surface area (Å²) < 4.78 is 32.3. The first-order valence-corrected chi connectivity index (χ1v) is 11.3. The molecule has 0 aromatic heterocycles. The fourth-order valence-corrected chi connectivity index (χ4v) is 6.21. The molecule has 0 saturated heterocycles. The van der Waals surface area contributed by atoms with E-state index in [0.29, 0.717) is 42.8 Å². The molecule has 3 atom stereocenters. The lowest BCUT2D eigenvalue weighted by Crippen LogP contribution is -2.30. The minimum absolute atomic E-state index is 0.0664. The van der Waals surface area contributed by atoms with Gasteiger partial charge in [-0.2, -0.15) is 4.31 Å². The maximum Gasteiger partial charge on any atom is 0.243 e. The minimum Gasteiger partial charge on any atom is -0.495 e. The van der Waals surface area contributed by atoms with Crippen LogP contribution in [0, 0.1) is 17.8 Å². The molecule has 2 bridgehead atoms. The van der Waals surface area contributed by atoms with Crippen LogP contribution >= 0.6 is 0 Å². The molecule has 3 rings (SSSR count). The molecule has 2 saturated carbocycles. The number of nitrogens with one attached hydrogen (secondary N) is 1. The monoisotopic (exact) mass is 394 g/mol. The van der Waals surface area contributed by atoms with Gasteiger partial charge in [0.25, 0.3) is 0 Å². The van der Waals surface area contributed by atoms with Gasteiger partial charge < -0.3 is 10.1 Å². The molecule has 0 aliphatic heterocycles. The predicted octanol–water partition coefficient (Wildman–Crippen LogP) is 3.49. The van der Waals surface area contributed by atoms with Crippen LogP contribution < -0.4 is 10.1 Å². The third kappa shape index (κ3) is 4.14. The van der Waals surface area contributed by atoms with Crippen LogP contribution in [0.2, 0.25) is 0 Å². The average Bonchev–Trinajstić information content (AvgIpc) is 3.25. The molecule has 0 radical (unpaired) electrons. The molecule has 27 heavy (non-hydrogen) atoms. The number of carbonyl (C=O) groups is 1. The van der Waals surface area contributed by atoms with Gasteiger partial charge in [0.05, 0.1) is 17.7 Å². The van der Waals surface area contributed by atoms with Crippen molar-refractivity contribution < 1.29 is 17.9 Å². The summed E-state index contributed by atoms with van der Waals surface area (Å²) in [5, 5.41) is 2.89. The summed E-state index contributed by atoms with van der Waals surface area (Å²) in [7, 11) is -2.07. The number of rotatable bonds is 8. The lowest BCUT2D eigenvalue weighted by Gasteiger charge is -2.22. The van der Waals surface area contributed by atoms with Gasteiger partial charge >= 0.3 is 0 Å². The van der Waals surface area contributed by atoms with E-state index in [1.54, 1.807) is 6.07 Å². The summed E-state index contributed by atoms with van der Waals surface area (Å²) in [6, 6.07) is 4.63. The zero-order valence-electron chi connectivity index (χ0n) is 16.4. The van der Waals surface area contributed by atoms with E-state index in [1.807, 2.05) is 13.8 Å². The van der Waals surface area contributed by atoms with Gasteiger partial charge in [0.15, 0.2) is 0 Å². The van der Waals surface area contributed by atoms with Crippen LogP contribution in [0.1, 0.15) is 46.0 Å². The molecule has 2 aliphatic carbocycles. The van der Waals surface area contributed by atoms with Crippen LogP contribution in [0.3, 0.4) is 0 Å². The largest absolute Gasteiger partial charge is 0.495 e. The summed E-state index contributed by atoms with van der Waals surface area (Å²) >= 11 is 0. The van der Waals surface area contributed by atoms with E-state index < -0.39 is 10.0 Å². The fraction of sp³-hybridized carbons (Fsp3) is 0.650. The number of amides is 1. The van der Waals surface area contributed by atoms with Gasteiger partial charge in [-0.05, 0) is 55.2 Å². The van der Waals surface area contributed by atoms with Crippen LogP contribution in [0.4, 0.5) is 5.69 Å². The molecular weight excluding hydrogens is 364 g/mol. The smallest absolute Gasteiger partial charge is 0.243 e. The number of ether oxygens (including phenoxy) is 1. The Bertz CT molecular complexity index is 789. The van der Waals surface area contributed by atoms with Crippen LogP contribution in [0.5, 0.6) is 5.75 Å². The van der Waals surface area contributed by atoms with Crippen LogP contribution in [0.25, 0.3) is 0 Å². The highest BCUT2D eigenvalue weighted by Crippen LogP contribution is 2.49. The molecule has 1 amide bonds. The highest BCUT2D eigenvalue weighted by molar-refractivity contribution is 7.89. The molecule has 0 spiro atoms.